The number of carbonyl (C=O) groups is 1. The first-order valence-corrected chi connectivity index (χ1v) is 5.82. The first-order valence-electron chi connectivity index (χ1n) is 5.03. The van der Waals surface area contributed by atoms with Crippen LogP contribution in [-0.4, -0.2) is 23.9 Å². The summed E-state index contributed by atoms with van der Waals surface area (Å²) in [7, 11) is 0. The second-order valence-corrected chi connectivity index (χ2v) is 4.60. The Labute approximate surface area is 100 Å². The predicted octanol–water partition coefficient (Wildman–Crippen LogP) is 2.96. The summed E-state index contributed by atoms with van der Waals surface area (Å²) in [5.41, 5.74) is 0.181. The van der Waals surface area contributed by atoms with Gasteiger partial charge in [-0.1, -0.05) is 0 Å². The maximum Gasteiger partial charge on any atom is 0.255 e. The fraction of sp³-hybridized carbons (Fsp3) is 0.364. The maximum atomic E-state index is 13.0. The van der Waals surface area contributed by atoms with Gasteiger partial charge in [0.15, 0.2) is 11.6 Å². The van der Waals surface area contributed by atoms with Crippen molar-refractivity contribution in [1.82, 2.24) is 4.90 Å². The number of carbonyl (C=O) groups excluding carboxylic acids is 1. The largest absolute Gasteiger partial charge is 0.339 e. The third-order valence-corrected chi connectivity index (χ3v) is 3.29. The number of likely N-dealkylation sites (tertiary alicyclic amines) is 1. The fourth-order valence-electron chi connectivity index (χ4n) is 1.78. The van der Waals surface area contributed by atoms with E-state index in [-0.39, 0.29) is 11.5 Å². The summed E-state index contributed by atoms with van der Waals surface area (Å²) in [6.07, 6.45) is 1.93. The lowest BCUT2D eigenvalue weighted by atomic mass is 10.2. The van der Waals surface area contributed by atoms with E-state index in [9.17, 15) is 13.6 Å². The predicted molar refractivity (Wildman–Crippen MR) is 59.2 cm³/mol. The third-order valence-electron chi connectivity index (χ3n) is 2.63. The van der Waals surface area contributed by atoms with Crippen molar-refractivity contribution in [2.75, 3.05) is 13.1 Å². The Morgan fingerprint density at radius 2 is 1.75 bits per heavy atom. The average Bonchev–Trinajstić information content (AvgIpc) is 2.75. The lowest BCUT2D eigenvalue weighted by Crippen LogP contribution is -2.28. The van der Waals surface area contributed by atoms with Crippen molar-refractivity contribution in [1.29, 1.82) is 0 Å². The van der Waals surface area contributed by atoms with E-state index in [0.717, 1.165) is 25.0 Å². The van der Waals surface area contributed by atoms with E-state index in [1.807, 2.05) is 0 Å². The molecule has 2 rings (SSSR count). The van der Waals surface area contributed by atoms with E-state index < -0.39 is 11.6 Å². The molecule has 86 valence electrons. The van der Waals surface area contributed by atoms with Gasteiger partial charge in [0.25, 0.3) is 5.91 Å². The van der Waals surface area contributed by atoms with E-state index in [4.69, 9.17) is 0 Å². The standard InChI is InChI=1S/C11H10BrF2NO/c12-8-6-10(14)9(13)5-7(8)11(16)15-3-1-2-4-15/h5-6H,1-4H2. The first-order chi connectivity index (χ1) is 7.59. The van der Waals surface area contributed by atoms with Gasteiger partial charge in [-0.2, -0.15) is 0 Å². The lowest BCUT2D eigenvalue weighted by molar-refractivity contribution is 0.0791. The number of halogens is 3. The Morgan fingerprint density at radius 3 is 2.38 bits per heavy atom. The molecule has 0 bridgehead atoms. The fourth-order valence-corrected chi connectivity index (χ4v) is 2.26. The summed E-state index contributed by atoms with van der Waals surface area (Å²) in [6, 6.07) is 1.93. The van der Waals surface area contributed by atoms with E-state index in [2.05, 4.69) is 15.9 Å². The van der Waals surface area contributed by atoms with Crippen LogP contribution in [0.15, 0.2) is 16.6 Å². The van der Waals surface area contributed by atoms with Gasteiger partial charge < -0.3 is 4.90 Å². The molecule has 1 heterocycles. The van der Waals surface area contributed by atoms with Crippen molar-refractivity contribution < 1.29 is 13.6 Å². The van der Waals surface area contributed by atoms with Crippen LogP contribution in [0.25, 0.3) is 0 Å². The van der Waals surface area contributed by atoms with Crippen LogP contribution in [0.4, 0.5) is 8.78 Å². The van der Waals surface area contributed by atoms with Gasteiger partial charge in [0.05, 0.1) is 5.56 Å². The number of nitrogens with zero attached hydrogens (tertiary/aromatic N) is 1. The normalized spacial score (nSPS) is 15.6. The van der Waals surface area contributed by atoms with Crippen LogP contribution in [0.2, 0.25) is 0 Å². The zero-order valence-electron chi connectivity index (χ0n) is 8.47. The van der Waals surface area contributed by atoms with E-state index in [1.54, 1.807) is 4.90 Å². The highest BCUT2D eigenvalue weighted by atomic mass is 79.9. The van der Waals surface area contributed by atoms with Gasteiger partial charge in [0.1, 0.15) is 0 Å². The van der Waals surface area contributed by atoms with E-state index >= 15 is 0 Å². The van der Waals surface area contributed by atoms with Gasteiger partial charge in [-0.25, -0.2) is 8.78 Å². The minimum absolute atomic E-state index is 0.181. The molecule has 0 spiro atoms. The molecule has 1 aliphatic rings. The summed E-state index contributed by atoms with van der Waals surface area (Å²) in [6.45, 7) is 1.37. The smallest absolute Gasteiger partial charge is 0.255 e. The molecular formula is C11H10BrF2NO. The summed E-state index contributed by atoms with van der Waals surface area (Å²) in [5.74, 6) is -2.20. The van der Waals surface area contributed by atoms with Crippen LogP contribution >= 0.6 is 15.9 Å². The van der Waals surface area contributed by atoms with E-state index in [1.165, 1.54) is 0 Å². The summed E-state index contributed by atoms with van der Waals surface area (Å²) >= 11 is 3.07. The molecule has 5 heteroatoms. The molecule has 0 aliphatic carbocycles. The zero-order chi connectivity index (χ0) is 11.7. The van der Waals surface area contributed by atoms with Gasteiger partial charge in [-0.05, 0) is 40.9 Å². The molecule has 0 radical (unpaired) electrons. The summed E-state index contributed by atoms with van der Waals surface area (Å²) < 4.78 is 26.2. The van der Waals surface area contributed by atoms with Gasteiger partial charge in [-0.15, -0.1) is 0 Å². The molecule has 1 aromatic carbocycles. The number of benzene rings is 1. The average molecular weight is 290 g/mol. The second-order valence-electron chi connectivity index (χ2n) is 3.75. The molecule has 1 amide bonds. The zero-order valence-corrected chi connectivity index (χ0v) is 10.1. The van der Waals surface area contributed by atoms with E-state index in [0.29, 0.717) is 17.6 Å². The molecule has 1 aliphatic heterocycles. The Balaban J connectivity index is 2.32. The Bertz CT molecular complexity index is 430. The van der Waals surface area contributed by atoms with Crippen molar-refractivity contribution >= 4 is 21.8 Å². The molecule has 1 aromatic rings. The SMILES string of the molecule is O=C(c1cc(F)c(F)cc1Br)N1CCCC1. The second kappa shape index (κ2) is 4.49. The van der Waals surface area contributed by atoms with Crippen LogP contribution < -0.4 is 0 Å². The van der Waals surface area contributed by atoms with Crippen molar-refractivity contribution in [3.8, 4) is 0 Å². The highest BCUT2D eigenvalue weighted by Crippen LogP contribution is 2.23. The minimum atomic E-state index is -0.995. The number of rotatable bonds is 1. The number of amides is 1. The minimum Gasteiger partial charge on any atom is -0.339 e. The molecule has 0 N–H and O–H groups in total. The maximum absolute atomic E-state index is 13.0. The van der Waals surface area contributed by atoms with Crippen LogP contribution in [0, 0.1) is 11.6 Å². The van der Waals surface area contributed by atoms with Gasteiger partial charge >= 0.3 is 0 Å². The highest BCUT2D eigenvalue weighted by molar-refractivity contribution is 9.10. The quantitative estimate of drug-likeness (QED) is 0.728. The third kappa shape index (κ3) is 2.09. The molecule has 0 saturated carbocycles. The molecule has 0 aromatic heterocycles. The summed E-state index contributed by atoms with van der Waals surface area (Å²) in [4.78, 5) is 13.6. The van der Waals surface area contributed by atoms with Crippen molar-refractivity contribution in [3.63, 3.8) is 0 Å². The van der Waals surface area contributed by atoms with Crippen LogP contribution in [0.3, 0.4) is 0 Å². The monoisotopic (exact) mass is 289 g/mol. The topological polar surface area (TPSA) is 20.3 Å². The van der Waals surface area contributed by atoms with Crippen molar-refractivity contribution in [2.24, 2.45) is 0 Å². The van der Waals surface area contributed by atoms with Crippen LogP contribution in [0.1, 0.15) is 23.2 Å². The van der Waals surface area contributed by atoms with Crippen LogP contribution in [0.5, 0.6) is 0 Å². The number of hydrogen-bond donors (Lipinski definition) is 0. The molecule has 1 fully saturated rings. The highest BCUT2D eigenvalue weighted by Gasteiger charge is 2.22. The number of hydrogen-bond acceptors (Lipinski definition) is 1. The lowest BCUT2D eigenvalue weighted by Gasteiger charge is -2.16. The molecular weight excluding hydrogens is 280 g/mol. The molecule has 0 unspecified atom stereocenters. The van der Waals surface area contributed by atoms with Crippen molar-refractivity contribution in [3.05, 3.63) is 33.8 Å². The molecule has 2 nitrogen and oxygen atoms in total. The molecule has 0 atom stereocenters. The first kappa shape index (κ1) is 11.5. The Kier molecular flexibility index (Phi) is 3.23. The van der Waals surface area contributed by atoms with Crippen LogP contribution in [-0.2, 0) is 0 Å². The molecule has 1 saturated heterocycles. The Hall–Kier alpha value is -0.970. The Morgan fingerprint density at radius 1 is 1.19 bits per heavy atom. The van der Waals surface area contributed by atoms with Gasteiger partial charge in [-0.3, -0.25) is 4.79 Å². The van der Waals surface area contributed by atoms with Crippen molar-refractivity contribution in [2.45, 2.75) is 12.8 Å². The van der Waals surface area contributed by atoms with Gasteiger partial charge in [0, 0.05) is 17.6 Å². The summed E-state index contributed by atoms with van der Waals surface area (Å²) in [5, 5.41) is 0. The van der Waals surface area contributed by atoms with Gasteiger partial charge in [0.2, 0.25) is 0 Å². The molecule has 16 heavy (non-hydrogen) atoms.